The van der Waals surface area contributed by atoms with E-state index in [1.54, 1.807) is 48.5 Å². The van der Waals surface area contributed by atoms with E-state index in [0.717, 1.165) is 10.6 Å². The summed E-state index contributed by atoms with van der Waals surface area (Å²) >= 11 is 0. The number of carbonyl (C=O) groups excluding carboxylic acids is 1. The van der Waals surface area contributed by atoms with Gasteiger partial charge in [0.1, 0.15) is 18.0 Å². The molecule has 0 radical (unpaired) electrons. The van der Waals surface area contributed by atoms with E-state index in [9.17, 15) is 13.2 Å². The van der Waals surface area contributed by atoms with Crippen LogP contribution in [0.4, 0.5) is 11.4 Å². The number of hydrogen-bond donors (Lipinski definition) is 1. The molecule has 0 unspecified atom stereocenters. The molecule has 0 bridgehead atoms. The molecule has 2 rings (SSSR count). The fourth-order valence-electron chi connectivity index (χ4n) is 2.40. The van der Waals surface area contributed by atoms with Crippen molar-refractivity contribution in [3.8, 4) is 11.5 Å². The van der Waals surface area contributed by atoms with Crippen LogP contribution in [0, 0.1) is 0 Å². The molecule has 0 aromatic heterocycles. The fourth-order valence-corrected chi connectivity index (χ4v) is 3.25. The zero-order valence-electron chi connectivity index (χ0n) is 15.8. The molecule has 0 heterocycles. The van der Waals surface area contributed by atoms with Gasteiger partial charge in [0.2, 0.25) is 15.9 Å². The standard InChI is InChI=1S/C19H24N2O5S/c1-14(2)26-18-8-6-5-7-17(18)20-19(22)13-21(27(4,23)24)15-9-11-16(25-3)12-10-15/h5-12,14H,13H2,1-4H3,(H,20,22). The van der Waals surface area contributed by atoms with Gasteiger partial charge in [-0.25, -0.2) is 8.42 Å². The van der Waals surface area contributed by atoms with Crippen LogP contribution in [-0.2, 0) is 14.8 Å². The van der Waals surface area contributed by atoms with E-state index in [0.29, 0.717) is 22.9 Å². The highest BCUT2D eigenvalue weighted by Gasteiger charge is 2.21. The quantitative estimate of drug-likeness (QED) is 0.747. The maximum absolute atomic E-state index is 12.5. The molecule has 0 saturated carbocycles. The number of amides is 1. The molecule has 146 valence electrons. The number of carbonyl (C=O) groups is 1. The van der Waals surface area contributed by atoms with Gasteiger partial charge in [-0.2, -0.15) is 0 Å². The average molecular weight is 392 g/mol. The van der Waals surface area contributed by atoms with Crippen molar-refractivity contribution in [3.05, 3.63) is 48.5 Å². The number of rotatable bonds is 8. The summed E-state index contributed by atoms with van der Waals surface area (Å²) < 4.78 is 36.1. The summed E-state index contributed by atoms with van der Waals surface area (Å²) in [5, 5.41) is 2.72. The maximum atomic E-state index is 12.5. The summed E-state index contributed by atoms with van der Waals surface area (Å²) in [5.74, 6) is 0.642. The van der Waals surface area contributed by atoms with Gasteiger partial charge in [-0.1, -0.05) is 12.1 Å². The summed E-state index contributed by atoms with van der Waals surface area (Å²) in [4.78, 5) is 12.5. The molecule has 0 atom stereocenters. The number of anilines is 2. The Balaban J connectivity index is 2.20. The van der Waals surface area contributed by atoms with Gasteiger partial charge >= 0.3 is 0 Å². The summed E-state index contributed by atoms with van der Waals surface area (Å²) in [6.45, 7) is 3.41. The summed E-state index contributed by atoms with van der Waals surface area (Å²) in [7, 11) is -2.13. The highest BCUT2D eigenvalue weighted by molar-refractivity contribution is 7.92. The minimum absolute atomic E-state index is 0.0603. The molecular weight excluding hydrogens is 368 g/mol. The van der Waals surface area contributed by atoms with Crippen molar-refractivity contribution in [2.45, 2.75) is 20.0 Å². The zero-order valence-corrected chi connectivity index (χ0v) is 16.6. The normalized spacial score (nSPS) is 11.1. The van der Waals surface area contributed by atoms with Crippen molar-refractivity contribution in [1.29, 1.82) is 0 Å². The molecule has 2 aromatic carbocycles. The first kappa shape index (κ1) is 20.6. The molecule has 1 N–H and O–H groups in total. The van der Waals surface area contributed by atoms with E-state index in [1.807, 2.05) is 13.8 Å². The third kappa shape index (κ3) is 5.89. The number of sulfonamides is 1. The average Bonchev–Trinajstić information content (AvgIpc) is 2.60. The number of methoxy groups -OCH3 is 1. The van der Waals surface area contributed by atoms with Crippen LogP contribution in [0.5, 0.6) is 11.5 Å². The molecule has 0 aliphatic carbocycles. The Hall–Kier alpha value is -2.74. The fraction of sp³-hybridized carbons (Fsp3) is 0.316. The van der Waals surface area contributed by atoms with Crippen molar-refractivity contribution < 1.29 is 22.7 Å². The molecule has 0 saturated heterocycles. The number of para-hydroxylation sites is 2. The van der Waals surface area contributed by atoms with E-state index in [1.165, 1.54) is 7.11 Å². The molecule has 1 amide bonds. The molecule has 2 aromatic rings. The summed E-state index contributed by atoms with van der Waals surface area (Å²) in [6.07, 6.45) is 0.996. The second kappa shape index (κ2) is 8.77. The first-order valence-electron chi connectivity index (χ1n) is 8.38. The number of ether oxygens (including phenoxy) is 2. The van der Waals surface area contributed by atoms with Crippen LogP contribution in [0.15, 0.2) is 48.5 Å². The maximum Gasteiger partial charge on any atom is 0.245 e. The Kier molecular flexibility index (Phi) is 6.68. The molecule has 27 heavy (non-hydrogen) atoms. The van der Waals surface area contributed by atoms with Crippen LogP contribution in [0.2, 0.25) is 0 Å². The Morgan fingerprint density at radius 3 is 2.30 bits per heavy atom. The SMILES string of the molecule is COc1ccc(N(CC(=O)Nc2ccccc2OC(C)C)S(C)(=O)=O)cc1. The molecule has 7 nitrogen and oxygen atoms in total. The van der Waals surface area contributed by atoms with Gasteiger partial charge in [-0.3, -0.25) is 9.10 Å². The van der Waals surface area contributed by atoms with Crippen LogP contribution >= 0.6 is 0 Å². The van der Waals surface area contributed by atoms with Gasteiger partial charge in [0, 0.05) is 0 Å². The number of nitrogens with zero attached hydrogens (tertiary/aromatic N) is 1. The molecule has 0 aliphatic heterocycles. The molecule has 0 fully saturated rings. The lowest BCUT2D eigenvalue weighted by atomic mass is 10.2. The van der Waals surface area contributed by atoms with Crippen molar-refractivity contribution in [2.75, 3.05) is 29.5 Å². The highest BCUT2D eigenvalue weighted by Crippen LogP contribution is 2.26. The van der Waals surface area contributed by atoms with Gasteiger partial charge in [0.05, 0.1) is 30.8 Å². The van der Waals surface area contributed by atoms with Gasteiger partial charge < -0.3 is 14.8 Å². The Bertz CT molecular complexity index is 879. The van der Waals surface area contributed by atoms with Crippen LogP contribution in [-0.4, -0.2) is 40.3 Å². The molecule has 0 aliphatic rings. The van der Waals surface area contributed by atoms with Crippen molar-refractivity contribution in [1.82, 2.24) is 0 Å². The predicted octanol–water partition coefficient (Wildman–Crippen LogP) is 2.89. The topological polar surface area (TPSA) is 84.9 Å². The van der Waals surface area contributed by atoms with Gasteiger partial charge in [0.25, 0.3) is 0 Å². The first-order valence-corrected chi connectivity index (χ1v) is 10.2. The lowest BCUT2D eigenvalue weighted by Crippen LogP contribution is -2.37. The number of hydrogen-bond acceptors (Lipinski definition) is 5. The van der Waals surface area contributed by atoms with Crippen LogP contribution in [0.25, 0.3) is 0 Å². The predicted molar refractivity (Wildman–Crippen MR) is 106 cm³/mol. The van der Waals surface area contributed by atoms with Crippen molar-refractivity contribution in [2.24, 2.45) is 0 Å². The zero-order chi connectivity index (χ0) is 20.0. The first-order chi connectivity index (χ1) is 12.7. The number of benzene rings is 2. The van der Waals surface area contributed by atoms with Crippen LogP contribution < -0.4 is 19.1 Å². The second-order valence-electron chi connectivity index (χ2n) is 6.18. The Labute approximate surface area is 160 Å². The van der Waals surface area contributed by atoms with E-state index in [2.05, 4.69) is 5.32 Å². The van der Waals surface area contributed by atoms with E-state index < -0.39 is 15.9 Å². The molecule has 8 heteroatoms. The molecular formula is C19H24N2O5S. The van der Waals surface area contributed by atoms with Gasteiger partial charge in [0.15, 0.2) is 0 Å². The van der Waals surface area contributed by atoms with Gasteiger partial charge in [-0.05, 0) is 50.2 Å². The lowest BCUT2D eigenvalue weighted by Gasteiger charge is -2.22. The third-order valence-electron chi connectivity index (χ3n) is 3.57. The Morgan fingerprint density at radius 2 is 1.74 bits per heavy atom. The van der Waals surface area contributed by atoms with Crippen molar-refractivity contribution >= 4 is 27.3 Å². The minimum atomic E-state index is -3.65. The second-order valence-corrected chi connectivity index (χ2v) is 8.09. The largest absolute Gasteiger partial charge is 0.497 e. The van der Waals surface area contributed by atoms with Crippen molar-refractivity contribution in [3.63, 3.8) is 0 Å². The van der Waals surface area contributed by atoms with Gasteiger partial charge in [-0.15, -0.1) is 0 Å². The van der Waals surface area contributed by atoms with Crippen LogP contribution in [0.1, 0.15) is 13.8 Å². The van der Waals surface area contributed by atoms with E-state index >= 15 is 0 Å². The highest BCUT2D eigenvalue weighted by atomic mass is 32.2. The smallest absolute Gasteiger partial charge is 0.245 e. The third-order valence-corrected chi connectivity index (χ3v) is 4.71. The molecule has 0 spiro atoms. The summed E-state index contributed by atoms with van der Waals surface area (Å²) in [6, 6.07) is 13.5. The minimum Gasteiger partial charge on any atom is -0.497 e. The monoisotopic (exact) mass is 392 g/mol. The van der Waals surface area contributed by atoms with Crippen LogP contribution in [0.3, 0.4) is 0 Å². The lowest BCUT2D eigenvalue weighted by molar-refractivity contribution is -0.114. The van der Waals surface area contributed by atoms with E-state index in [4.69, 9.17) is 9.47 Å². The number of nitrogens with one attached hydrogen (secondary N) is 1. The van der Waals surface area contributed by atoms with E-state index in [-0.39, 0.29) is 12.6 Å². The Morgan fingerprint density at radius 1 is 1.11 bits per heavy atom. The summed E-state index contributed by atoms with van der Waals surface area (Å²) in [5.41, 5.74) is 0.861.